The van der Waals surface area contributed by atoms with Crippen LogP contribution >= 0.6 is 0 Å². The molecule has 0 aliphatic carbocycles. The van der Waals surface area contributed by atoms with Gasteiger partial charge in [-0.1, -0.05) is 6.92 Å². The third-order valence-electron chi connectivity index (χ3n) is 4.98. The zero-order chi connectivity index (χ0) is 23.3. The SMILES string of the molecule is CCC1(c2ccc(OC(F)F)c3oc4ccc(NS(C)(=O)=O)cc4c23)NC(C(=O)O)=CO1. The molecule has 12 heteroatoms. The minimum absolute atomic E-state index is 0.0173. The first kappa shape index (κ1) is 21.7. The molecule has 0 fully saturated rings. The van der Waals surface area contributed by atoms with Crippen molar-refractivity contribution in [3.63, 3.8) is 0 Å². The van der Waals surface area contributed by atoms with E-state index in [1.807, 2.05) is 0 Å². The van der Waals surface area contributed by atoms with Crippen molar-refractivity contribution >= 4 is 43.6 Å². The highest BCUT2D eigenvalue weighted by atomic mass is 32.2. The van der Waals surface area contributed by atoms with Crippen LogP contribution in [0.1, 0.15) is 18.9 Å². The smallest absolute Gasteiger partial charge is 0.387 e. The highest BCUT2D eigenvalue weighted by molar-refractivity contribution is 7.92. The normalized spacial score (nSPS) is 18.5. The Hall–Kier alpha value is -3.54. The first-order chi connectivity index (χ1) is 15.0. The second-order valence-electron chi connectivity index (χ2n) is 7.14. The summed E-state index contributed by atoms with van der Waals surface area (Å²) in [6.07, 6.45) is 2.32. The zero-order valence-corrected chi connectivity index (χ0v) is 17.6. The van der Waals surface area contributed by atoms with Gasteiger partial charge >= 0.3 is 12.6 Å². The largest absolute Gasteiger partial charge is 0.476 e. The number of rotatable bonds is 7. The lowest BCUT2D eigenvalue weighted by Crippen LogP contribution is -2.39. The first-order valence-corrected chi connectivity index (χ1v) is 11.2. The number of anilines is 1. The summed E-state index contributed by atoms with van der Waals surface area (Å²) in [5, 5.41) is 12.9. The van der Waals surface area contributed by atoms with Gasteiger partial charge in [-0.15, -0.1) is 0 Å². The maximum Gasteiger partial charge on any atom is 0.387 e. The standard InChI is InChI=1S/C20H18F2N2O7S/c1-3-20(23-13(9-29-20)18(25)26)12-5-7-15(31-19(21)22)17-16(12)11-8-10(24-32(2,27)28)4-6-14(11)30-17/h4-9,19,23-24H,3H2,1-2H3,(H,25,26). The molecule has 0 amide bonds. The van der Waals surface area contributed by atoms with Gasteiger partial charge < -0.3 is 24.3 Å². The van der Waals surface area contributed by atoms with E-state index >= 15 is 0 Å². The van der Waals surface area contributed by atoms with E-state index in [0.29, 0.717) is 16.3 Å². The van der Waals surface area contributed by atoms with Crippen molar-refractivity contribution < 1.29 is 41.0 Å². The number of alkyl halides is 2. The van der Waals surface area contributed by atoms with Gasteiger partial charge in [0, 0.05) is 28.4 Å². The van der Waals surface area contributed by atoms with Gasteiger partial charge in [-0.05, 0) is 30.3 Å². The molecule has 0 radical (unpaired) electrons. The molecule has 170 valence electrons. The van der Waals surface area contributed by atoms with Crippen molar-refractivity contribution in [3.8, 4) is 5.75 Å². The van der Waals surface area contributed by atoms with E-state index in [-0.39, 0.29) is 34.7 Å². The van der Waals surface area contributed by atoms with Gasteiger partial charge in [0.25, 0.3) is 0 Å². The van der Waals surface area contributed by atoms with E-state index in [1.54, 1.807) is 6.92 Å². The number of carbonyl (C=O) groups is 1. The molecular formula is C20H18F2N2O7S. The molecule has 0 bridgehead atoms. The molecule has 32 heavy (non-hydrogen) atoms. The summed E-state index contributed by atoms with van der Waals surface area (Å²) in [5.41, 5.74) is -0.618. The van der Waals surface area contributed by atoms with Crippen molar-refractivity contribution in [2.45, 2.75) is 25.7 Å². The average molecular weight is 468 g/mol. The molecule has 2 aromatic carbocycles. The maximum absolute atomic E-state index is 13.0. The van der Waals surface area contributed by atoms with Crippen LogP contribution < -0.4 is 14.8 Å². The van der Waals surface area contributed by atoms with Crippen molar-refractivity contribution in [1.82, 2.24) is 5.32 Å². The zero-order valence-electron chi connectivity index (χ0n) is 16.8. The fourth-order valence-electron chi connectivity index (χ4n) is 3.69. The number of carboxylic acid groups (broad SMARTS) is 1. The quantitative estimate of drug-likeness (QED) is 0.479. The number of furan rings is 1. The summed E-state index contributed by atoms with van der Waals surface area (Å²) in [6, 6.07) is 7.19. The summed E-state index contributed by atoms with van der Waals surface area (Å²) < 4.78 is 67.7. The van der Waals surface area contributed by atoms with E-state index in [0.717, 1.165) is 12.5 Å². The lowest BCUT2D eigenvalue weighted by molar-refractivity contribution is -0.133. The van der Waals surface area contributed by atoms with E-state index in [4.69, 9.17) is 9.15 Å². The molecule has 0 saturated heterocycles. The van der Waals surface area contributed by atoms with Crippen LogP contribution in [0.25, 0.3) is 21.9 Å². The van der Waals surface area contributed by atoms with Crippen LogP contribution in [0.3, 0.4) is 0 Å². The second-order valence-corrected chi connectivity index (χ2v) is 8.89. The maximum atomic E-state index is 13.0. The fraction of sp³-hybridized carbons (Fsp3) is 0.250. The Labute approximate surface area is 180 Å². The van der Waals surface area contributed by atoms with Crippen LogP contribution in [-0.2, 0) is 25.3 Å². The average Bonchev–Trinajstić information content (AvgIpc) is 3.30. The summed E-state index contributed by atoms with van der Waals surface area (Å²) in [6.45, 7) is -1.36. The van der Waals surface area contributed by atoms with Gasteiger partial charge in [0.1, 0.15) is 11.8 Å². The number of benzene rings is 2. The first-order valence-electron chi connectivity index (χ1n) is 9.35. The van der Waals surface area contributed by atoms with Crippen LogP contribution in [0.2, 0.25) is 0 Å². The molecule has 3 aromatic rings. The summed E-state index contributed by atoms with van der Waals surface area (Å²) in [7, 11) is -3.58. The molecule has 2 heterocycles. The Kier molecular flexibility index (Phi) is 5.12. The number of nitrogens with one attached hydrogen (secondary N) is 2. The van der Waals surface area contributed by atoms with Crippen LogP contribution in [0, 0.1) is 0 Å². The Balaban J connectivity index is 1.99. The predicted octanol–water partition coefficient (Wildman–Crippen LogP) is 3.67. The molecule has 1 aliphatic heterocycles. The number of sulfonamides is 1. The monoisotopic (exact) mass is 468 g/mol. The molecule has 1 aliphatic rings. The number of carboxylic acids is 1. The molecular weight excluding hydrogens is 450 g/mol. The Morgan fingerprint density at radius 3 is 2.66 bits per heavy atom. The highest BCUT2D eigenvalue weighted by Gasteiger charge is 2.41. The van der Waals surface area contributed by atoms with Crippen molar-refractivity contribution in [2.75, 3.05) is 11.0 Å². The molecule has 1 unspecified atom stereocenters. The lowest BCUT2D eigenvalue weighted by Gasteiger charge is -2.29. The molecule has 0 spiro atoms. The van der Waals surface area contributed by atoms with Crippen molar-refractivity contribution in [2.24, 2.45) is 0 Å². The number of hydrogen-bond acceptors (Lipinski definition) is 7. The summed E-state index contributed by atoms with van der Waals surface area (Å²) in [4.78, 5) is 11.4. The van der Waals surface area contributed by atoms with Crippen molar-refractivity contribution in [3.05, 3.63) is 47.9 Å². The Morgan fingerprint density at radius 2 is 2.06 bits per heavy atom. The van der Waals surface area contributed by atoms with Gasteiger partial charge in [-0.25, -0.2) is 13.2 Å². The van der Waals surface area contributed by atoms with Gasteiger partial charge in [-0.3, -0.25) is 4.72 Å². The van der Waals surface area contributed by atoms with Crippen LogP contribution in [0.15, 0.2) is 46.7 Å². The number of halogens is 2. The van der Waals surface area contributed by atoms with Gasteiger partial charge in [0.2, 0.25) is 15.7 Å². The number of aliphatic carboxylic acids is 1. The van der Waals surface area contributed by atoms with E-state index < -0.39 is 28.3 Å². The van der Waals surface area contributed by atoms with E-state index in [2.05, 4.69) is 14.8 Å². The molecule has 1 atom stereocenters. The van der Waals surface area contributed by atoms with Gasteiger partial charge in [0.15, 0.2) is 17.0 Å². The number of fused-ring (bicyclic) bond motifs is 3. The lowest BCUT2D eigenvalue weighted by atomic mass is 9.94. The topological polar surface area (TPSA) is 127 Å². The van der Waals surface area contributed by atoms with E-state index in [9.17, 15) is 27.1 Å². The second kappa shape index (κ2) is 7.55. The fourth-order valence-corrected chi connectivity index (χ4v) is 4.25. The molecule has 0 saturated carbocycles. The van der Waals surface area contributed by atoms with Crippen molar-refractivity contribution in [1.29, 1.82) is 0 Å². The van der Waals surface area contributed by atoms with E-state index in [1.165, 1.54) is 30.3 Å². The summed E-state index contributed by atoms with van der Waals surface area (Å²) in [5.74, 6) is -1.46. The number of hydrogen-bond donors (Lipinski definition) is 3. The van der Waals surface area contributed by atoms with Crippen LogP contribution in [0.4, 0.5) is 14.5 Å². The predicted molar refractivity (Wildman–Crippen MR) is 111 cm³/mol. The molecule has 4 rings (SSSR count). The Bertz CT molecular complexity index is 1370. The van der Waals surface area contributed by atoms with Crippen LogP contribution in [-0.4, -0.2) is 32.4 Å². The Morgan fingerprint density at radius 1 is 1.31 bits per heavy atom. The highest BCUT2D eigenvalue weighted by Crippen LogP contribution is 2.44. The van der Waals surface area contributed by atoms with Crippen LogP contribution in [0.5, 0.6) is 5.75 Å². The minimum atomic E-state index is -3.58. The number of ether oxygens (including phenoxy) is 2. The summed E-state index contributed by atoms with van der Waals surface area (Å²) >= 11 is 0. The third-order valence-corrected chi connectivity index (χ3v) is 5.59. The molecule has 3 N–H and O–H groups in total. The third kappa shape index (κ3) is 3.77. The van der Waals surface area contributed by atoms with Gasteiger partial charge in [-0.2, -0.15) is 8.78 Å². The molecule has 1 aromatic heterocycles. The van der Waals surface area contributed by atoms with Gasteiger partial charge in [0.05, 0.1) is 6.26 Å². The molecule has 9 nitrogen and oxygen atoms in total. The minimum Gasteiger partial charge on any atom is -0.476 e.